The van der Waals surface area contributed by atoms with Crippen LogP contribution in [0.25, 0.3) is 0 Å². The highest BCUT2D eigenvalue weighted by Gasteiger charge is 1.96. The van der Waals surface area contributed by atoms with Gasteiger partial charge in [-0.05, 0) is 48.8 Å². The third-order valence-corrected chi connectivity index (χ3v) is 4.20. The number of nitrogens with two attached hydrogens (primary N) is 1. The molecule has 0 saturated carbocycles. The van der Waals surface area contributed by atoms with E-state index in [-0.39, 0.29) is 0 Å². The average Bonchev–Trinajstić information content (AvgIpc) is 2.41. The van der Waals surface area contributed by atoms with Crippen LogP contribution in [-0.2, 0) is 12.2 Å². The summed E-state index contributed by atoms with van der Waals surface area (Å²) in [4.78, 5) is 0. The summed E-state index contributed by atoms with van der Waals surface area (Å²) < 4.78 is 0. The molecule has 0 aliphatic carbocycles. The highest BCUT2D eigenvalue weighted by Crippen LogP contribution is 2.16. The largest absolute Gasteiger partial charge is 0.399 e. The fraction of sp³-hybridized carbons (Fsp3) is 0.294. The number of hydrogen-bond donors (Lipinski definition) is 1. The second kappa shape index (κ2) is 7.25. The molecule has 1 nitrogen and oxygen atoms in total. The lowest BCUT2D eigenvalue weighted by atomic mass is 10.1. The van der Waals surface area contributed by atoms with Gasteiger partial charge >= 0.3 is 0 Å². The molecule has 0 atom stereocenters. The molecule has 2 aromatic carbocycles. The number of rotatable bonds is 6. The van der Waals surface area contributed by atoms with Gasteiger partial charge in [0.2, 0.25) is 0 Å². The van der Waals surface area contributed by atoms with Gasteiger partial charge in [0, 0.05) is 11.4 Å². The van der Waals surface area contributed by atoms with E-state index in [9.17, 15) is 0 Å². The number of nitrogen functional groups attached to an aromatic ring is 1. The van der Waals surface area contributed by atoms with Crippen molar-refractivity contribution in [2.75, 3.05) is 11.5 Å². The lowest BCUT2D eigenvalue weighted by Gasteiger charge is -2.04. The van der Waals surface area contributed by atoms with Crippen molar-refractivity contribution in [1.82, 2.24) is 0 Å². The normalized spacial score (nSPS) is 10.6. The van der Waals surface area contributed by atoms with E-state index >= 15 is 0 Å². The fourth-order valence-corrected chi connectivity index (χ4v) is 2.96. The van der Waals surface area contributed by atoms with Crippen LogP contribution in [0.4, 0.5) is 5.69 Å². The first-order chi connectivity index (χ1) is 9.24. The van der Waals surface area contributed by atoms with Gasteiger partial charge in [-0.15, -0.1) is 0 Å². The Balaban J connectivity index is 1.66. The van der Waals surface area contributed by atoms with Crippen molar-refractivity contribution in [1.29, 1.82) is 0 Å². The first-order valence-corrected chi connectivity index (χ1v) is 7.87. The van der Waals surface area contributed by atoms with Crippen LogP contribution in [0.3, 0.4) is 0 Å². The molecule has 0 unspecified atom stereocenters. The summed E-state index contributed by atoms with van der Waals surface area (Å²) in [6, 6.07) is 17.0. The first kappa shape index (κ1) is 14.0. The van der Waals surface area contributed by atoms with Gasteiger partial charge < -0.3 is 5.73 Å². The minimum absolute atomic E-state index is 0.845. The molecule has 0 bridgehead atoms. The van der Waals surface area contributed by atoms with E-state index in [1.54, 1.807) is 0 Å². The van der Waals surface area contributed by atoms with Crippen LogP contribution in [0.15, 0.2) is 48.5 Å². The second-order valence-electron chi connectivity index (χ2n) is 4.89. The smallest absolute Gasteiger partial charge is 0.0314 e. The second-order valence-corrected chi connectivity index (χ2v) is 5.99. The molecule has 2 heteroatoms. The molecule has 2 N–H and O–H groups in total. The predicted octanol–water partition coefficient (Wildman–Crippen LogP) is 4.44. The molecule has 0 aliphatic rings. The van der Waals surface area contributed by atoms with Gasteiger partial charge in [-0.3, -0.25) is 0 Å². The molecule has 2 aromatic rings. The Morgan fingerprint density at radius 2 is 1.79 bits per heavy atom. The third kappa shape index (κ3) is 4.99. The van der Waals surface area contributed by atoms with Crippen LogP contribution >= 0.6 is 11.8 Å². The molecule has 19 heavy (non-hydrogen) atoms. The van der Waals surface area contributed by atoms with Crippen LogP contribution < -0.4 is 5.73 Å². The van der Waals surface area contributed by atoms with Crippen molar-refractivity contribution in [3.05, 3.63) is 65.2 Å². The average molecular weight is 271 g/mol. The Kier molecular flexibility index (Phi) is 5.34. The van der Waals surface area contributed by atoms with E-state index < -0.39 is 0 Å². The topological polar surface area (TPSA) is 26.0 Å². The molecule has 0 radical (unpaired) electrons. The van der Waals surface area contributed by atoms with Crippen molar-refractivity contribution in [2.24, 2.45) is 0 Å². The maximum absolute atomic E-state index is 5.68. The summed E-state index contributed by atoms with van der Waals surface area (Å²) in [5, 5.41) is 0. The molecular weight excluding hydrogens is 250 g/mol. The van der Waals surface area contributed by atoms with Gasteiger partial charge in [0.15, 0.2) is 0 Å². The summed E-state index contributed by atoms with van der Waals surface area (Å²) in [6.45, 7) is 2.15. The highest BCUT2D eigenvalue weighted by molar-refractivity contribution is 7.98. The molecule has 2 rings (SSSR count). The Labute approximate surface area is 120 Å². The Morgan fingerprint density at radius 1 is 1.00 bits per heavy atom. The zero-order valence-corrected chi connectivity index (χ0v) is 12.2. The van der Waals surface area contributed by atoms with Gasteiger partial charge in [0.1, 0.15) is 0 Å². The third-order valence-electron chi connectivity index (χ3n) is 3.09. The van der Waals surface area contributed by atoms with Crippen molar-refractivity contribution in [3.8, 4) is 0 Å². The van der Waals surface area contributed by atoms with Crippen LogP contribution in [0, 0.1) is 6.92 Å². The monoisotopic (exact) mass is 271 g/mol. The summed E-state index contributed by atoms with van der Waals surface area (Å²) in [5.74, 6) is 2.32. The van der Waals surface area contributed by atoms with Crippen LogP contribution in [-0.4, -0.2) is 5.75 Å². The number of benzene rings is 2. The van der Waals surface area contributed by atoms with Gasteiger partial charge in [0.25, 0.3) is 0 Å². The molecule has 0 amide bonds. The van der Waals surface area contributed by atoms with Gasteiger partial charge in [-0.2, -0.15) is 11.8 Å². The van der Waals surface area contributed by atoms with Crippen molar-refractivity contribution in [3.63, 3.8) is 0 Å². The molecule has 0 aliphatic heterocycles. The lowest BCUT2D eigenvalue weighted by Crippen LogP contribution is -1.90. The van der Waals surface area contributed by atoms with Crippen LogP contribution in [0.1, 0.15) is 23.1 Å². The number of anilines is 1. The molecule has 0 fully saturated rings. The van der Waals surface area contributed by atoms with Gasteiger partial charge in [-0.1, -0.05) is 42.0 Å². The summed E-state index contributed by atoms with van der Waals surface area (Å²) in [7, 11) is 0. The zero-order valence-electron chi connectivity index (χ0n) is 11.4. The maximum atomic E-state index is 5.68. The van der Waals surface area contributed by atoms with E-state index in [4.69, 9.17) is 5.73 Å². The minimum Gasteiger partial charge on any atom is -0.399 e. The van der Waals surface area contributed by atoms with Crippen molar-refractivity contribution < 1.29 is 0 Å². The van der Waals surface area contributed by atoms with E-state index in [1.807, 2.05) is 23.9 Å². The van der Waals surface area contributed by atoms with Gasteiger partial charge in [0.05, 0.1) is 0 Å². The quantitative estimate of drug-likeness (QED) is 0.621. The van der Waals surface area contributed by atoms with Gasteiger partial charge in [-0.25, -0.2) is 0 Å². The number of aryl methyl sites for hydroxylation is 2. The number of hydrogen-bond acceptors (Lipinski definition) is 2. The minimum atomic E-state index is 0.845. The van der Waals surface area contributed by atoms with E-state index in [0.717, 1.165) is 17.9 Å². The molecule has 0 aromatic heterocycles. The van der Waals surface area contributed by atoms with E-state index in [0.29, 0.717) is 0 Å². The highest BCUT2D eigenvalue weighted by atomic mass is 32.2. The SMILES string of the molecule is Cc1cccc(CSCCCc2ccc(N)cc2)c1. The Morgan fingerprint density at radius 3 is 2.53 bits per heavy atom. The number of thioether (sulfide) groups is 1. The summed E-state index contributed by atoms with van der Waals surface area (Å²) in [6.07, 6.45) is 2.36. The molecule has 0 spiro atoms. The Hall–Kier alpha value is -1.41. The Bertz CT molecular complexity index is 505. The van der Waals surface area contributed by atoms with E-state index in [2.05, 4.69) is 43.3 Å². The fourth-order valence-electron chi connectivity index (χ4n) is 2.05. The first-order valence-electron chi connectivity index (χ1n) is 6.72. The summed E-state index contributed by atoms with van der Waals surface area (Å²) in [5.41, 5.74) is 10.7. The molecular formula is C17H21NS. The van der Waals surface area contributed by atoms with Crippen LogP contribution in [0.5, 0.6) is 0 Å². The van der Waals surface area contributed by atoms with Crippen LogP contribution in [0.2, 0.25) is 0 Å². The standard InChI is InChI=1S/C17H21NS/c1-14-4-2-5-16(12-14)13-19-11-3-6-15-7-9-17(18)10-8-15/h2,4-5,7-10,12H,3,6,11,13,18H2,1H3. The lowest BCUT2D eigenvalue weighted by molar-refractivity contribution is 0.933. The van der Waals surface area contributed by atoms with Crippen molar-refractivity contribution in [2.45, 2.75) is 25.5 Å². The molecule has 100 valence electrons. The summed E-state index contributed by atoms with van der Waals surface area (Å²) >= 11 is 2.01. The van der Waals surface area contributed by atoms with Crippen molar-refractivity contribution >= 4 is 17.4 Å². The van der Waals surface area contributed by atoms with E-state index in [1.165, 1.54) is 28.9 Å². The molecule has 0 heterocycles. The molecule has 0 saturated heterocycles. The maximum Gasteiger partial charge on any atom is 0.0314 e. The predicted molar refractivity (Wildman–Crippen MR) is 86.5 cm³/mol. The zero-order chi connectivity index (χ0) is 13.5.